The first-order chi connectivity index (χ1) is 12.2. The molecule has 0 N–H and O–H groups in total. The maximum absolute atomic E-state index is 12.3. The maximum Gasteiger partial charge on any atom is 0.409 e. The lowest BCUT2D eigenvalue weighted by Crippen LogP contribution is -2.48. The van der Waals surface area contributed by atoms with Gasteiger partial charge in [-0.2, -0.15) is 5.10 Å². The molecule has 0 bridgehead atoms. The number of carbonyl (C=O) groups is 1. The van der Waals surface area contributed by atoms with E-state index in [4.69, 9.17) is 4.74 Å². The summed E-state index contributed by atoms with van der Waals surface area (Å²) < 4.78 is 7.39. The molecule has 140 valence electrons. The van der Waals surface area contributed by atoms with E-state index in [0.29, 0.717) is 6.61 Å². The lowest BCUT2D eigenvalue weighted by molar-refractivity contribution is 0.00809. The first-order valence-corrected chi connectivity index (χ1v) is 9.97. The molecule has 6 heteroatoms. The van der Waals surface area contributed by atoms with Gasteiger partial charge < -0.3 is 9.64 Å². The molecular formula is C19H32N4O2. The highest BCUT2D eigenvalue weighted by Gasteiger charge is 2.43. The van der Waals surface area contributed by atoms with Crippen LogP contribution in [0.25, 0.3) is 0 Å². The van der Waals surface area contributed by atoms with Crippen LogP contribution in [0, 0.1) is 11.3 Å². The number of hydrogen-bond donors (Lipinski definition) is 0. The molecule has 0 aromatic carbocycles. The van der Waals surface area contributed by atoms with E-state index < -0.39 is 0 Å². The Labute approximate surface area is 150 Å². The van der Waals surface area contributed by atoms with Crippen molar-refractivity contribution in [3.63, 3.8) is 0 Å². The summed E-state index contributed by atoms with van der Waals surface area (Å²) in [6.45, 7) is 5.18. The molecule has 0 unspecified atom stereocenters. The normalized spacial score (nSPS) is 21.2. The topological polar surface area (TPSA) is 60.2 Å². The summed E-state index contributed by atoms with van der Waals surface area (Å²) in [5.41, 5.74) is 0.244. The lowest BCUT2D eigenvalue weighted by atomic mass is 9.63. The summed E-state index contributed by atoms with van der Waals surface area (Å²) in [7, 11) is 0. The van der Waals surface area contributed by atoms with Crippen molar-refractivity contribution in [3.8, 4) is 0 Å². The van der Waals surface area contributed by atoms with Crippen LogP contribution >= 0.6 is 0 Å². The van der Waals surface area contributed by atoms with Crippen molar-refractivity contribution in [2.24, 2.45) is 11.3 Å². The summed E-state index contributed by atoms with van der Waals surface area (Å²) >= 11 is 0. The molecule has 0 atom stereocenters. The lowest BCUT2D eigenvalue weighted by Gasteiger charge is -2.47. The first kappa shape index (κ1) is 18.2. The summed E-state index contributed by atoms with van der Waals surface area (Å²) in [4.78, 5) is 18.3. The smallest absolute Gasteiger partial charge is 0.409 e. The molecule has 3 rings (SSSR count). The number of unbranched alkanes of at least 4 members (excludes halogenated alkanes) is 1. The molecule has 1 saturated heterocycles. The second-order valence-corrected chi connectivity index (χ2v) is 7.75. The van der Waals surface area contributed by atoms with Gasteiger partial charge in [-0.1, -0.05) is 32.6 Å². The number of piperidine rings is 1. The van der Waals surface area contributed by atoms with E-state index in [1.807, 2.05) is 15.9 Å². The van der Waals surface area contributed by atoms with E-state index in [1.54, 1.807) is 6.33 Å². The molecular weight excluding hydrogens is 316 g/mol. The number of ether oxygens (including phenoxy) is 1. The van der Waals surface area contributed by atoms with Gasteiger partial charge in [-0.15, -0.1) is 0 Å². The molecule has 0 spiro atoms. The van der Waals surface area contributed by atoms with E-state index in [9.17, 15) is 4.79 Å². The molecule has 0 radical (unpaired) electrons. The average Bonchev–Trinajstić information content (AvgIpc) is 3.16. The SMILES string of the molecule is CCCCOC(=O)N1CCC(Cn2cncn2)(C2CCCCC2)CC1. The third-order valence-electron chi connectivity index (χ3n) is 6.16. The van der Waals surface area contributed by atoms with Crippen molar-refractivity contribution in [3.05, 3.63) is 12.7 Å². The second kappa shape index (κ2) is 8.68. The Balaban J connectivity index is 1.62. The van der Waals surface area contributed by atoms with Gasteiger partial charge in [0.05, 0.1) is 6.61 Å². The maximum atomic E-state index is 12.3. The van der Waals surface area contributed by atoms with E-state index in [-0.39, 0.29) is 11.5 Å². The Morgan fingerprint density at radius 2 is 2.00 bits per heavy atom. The van der Waals surface area contributed by atoms with Gasteiger partial charge >= 0.3 is 6.09 Å². The third kappa shape index (κ3) is 4.53. The largest absolute Gasteiger partial charge is 0.449 e. The zero-order valence-electron chi connectivity index (χ0n) is 15.5. The highest BCUT2D eigenvalue weighted by molar-refractivity contribution is 5.67. The van der Waals surface area contributed by atoms with Crippen LogP contribution in [0.5, 0.6) is 0 Å². The van der Waals surface area contributed by atoms with Crippen LogP contribution in [-0.4, -0.2) is 45.5 Å². The standard InChI is InChI=1S/C19H32N4O2/c1-2-3-13-25-18(24)22-11-9-19(10-12-22,14-23-16-20-15-21-23)17-7-5-4-6-8-17/h15-17H,2-14H2,1H3. The van der Waals surface area contributed by atoms with Crippen LogP contribution < -0.4 is 0 Å². The predicted octanol–water partition coefficient (Wildman–Crippen LogP) is 3.88. The van der Waals surface area contributed by atoms with Crippen LogP contribution in [0.4, 0.5) is 4.79 Å². The Kier molecular flexibility index (Phi) is 6.32. The van der Waals surface area contributed by atoms with Crippen molar-refractivity contribution in [2.45, 2.75) is 71.3 Å². The third-order valence-corrected chi connectivity index (χ3v) is 6.16. The minimum absolute atomic E-state index is 0.133. The molecule has 25 heavy (non-hydrogen) atoms. The molecule has 1 aliphatic heterocycles. The summed E-state index contributed by atoms with van der Waals surface area (Å²) in [5, 5.41) is 4.35. The van der Waals surface area contributed by atoms with Crippen LogP contribution in [0.3, 0.4) is 0 Å². The van der Waals surface area contributed by atoms with E-state index in [2.05, 4.69) is 17.0 Å². The van der Waals surface area contributed by atoms with Gasteiger partial charge in [0.25, 0.3) is 0 Å². The van der Waals surface area contributed by atoms with Crippen molar-refractivity contribution < 1.29 is 9.53 Å². The predicted molar refractivity (Wildman–Crippen MR) is 96.1 cm³/mol. The van der Waals surface area contributed by atoms with Crippen molar-refractivity contribution >= 4 is 6.09 Å². The van der Waals surface area contributed by atoms with Gasteiger partial charge in [-0.25, -0.2) is 9.78 Å². The van der Waals surface area contributed by atoms with Gasteiger partial charge in [0, 0.05) is 19.6 Å². The minimum Gasteiger partial charge on any atom is -0.449 e. The van der Waals surface area contributed by atoms with Crippen molar-refractivity contribution in [1.29, 1.82) is 0 Å². The molecule has 6 nitrogen and oxygen atoms in total. The molecule has 1 saturated carbocycles. The van der Waals surface area contributed by atoms with Gasteiger partial charge in [-0.3, -0.25) is 4.68 Å². The fourth-order valence-corrected chi connectivity index (χ4v) is 4.58. The fourth-order valence-electron chi connectivity index (χ4n) is 4.58. The van der Waals surface area contributed by atoms with Crippen LogP contribution in [0.2, 0.25) is 0 Å². The van der Waals surface area contributed by atoms with Gasteiger partial charge in [-0.05, 0) is 43.4 Å². The summed E-state index contributed by atoms with van der Waals surface area (Å²) in [5.74, 6) is 0.740. The molecule has 1 aliphatic carbocycles. The van der Waals surface area contributed by atoms with E-state index in [1.165, 1.54) is 32.1 Å². The van der Waals surface area contributed by atoms with E-state index in [0.717, 1.165) is 51.2 Å². The number of nitrogens with zero attached hydrogens (tertiary/aromatic N) is 4. The van der Waals surface area contributed by atoms with Gasteiger partial charge in [0.1, 0.15) is 12.7 Å². The molecule has 1 amide bonds. The Hall–Kier alpha value is -1.59. The number of hydrogen-bond acceptors (Lipinski definition) is 4. The molecule has 1 aromatic rings. The van der Waals surface area contributed by atoms with Crippen LogP contribution in [0.15, 0.2) is 12.7 Å². The quantitative estimate of drug-likeness (QED) is 0.732. The van der Waals surface area contributed by atoms with Crippen LogP contribution in [-0.2, 0) is 11.3 Å². The number of rotatable bonds is 6. The summed E-state index contributed by atoms with van der Waals surface area (Å²) in [6, 6.07) is 0. The van der Waals surface area contributed by atoms with Crippen molar-refractivity contribution in [2.75, 3.05) is 19.7 Å². The Bertz CT molecular complexity index is 518. The highest BCUT2D eigenvalue weighted by atomic mass is 16.6. The first-order valence-electron chi connectivity index (χ1n) is 9.97. The average molecular weight is 348 g/mol. The summed E-state index contributed by atoms with van der Waals surface area (Å²) in [6.07, 6.45) is 14.1. The molecule has 2 fully saturated rings. The number of aromatic nitrogens is 3. The Morgan fingerprint density at radius 1 is 1.24 bits per heavy atom. The van der Waals surface area contributed by atoms with Gasteiger partial charge in [0.2, 0.25) is 0 Å². The van der Waals surface area contributed by atoms with Crippen molar-refractivity contribution in [1.82, 2.24) is 19.7 Å². The minimum atomic E-state index is -0.133. The monoisotopic (exact) mass is 348 g/mol. The molecule has 2 aliphatic rings. The second-order valence-electron chi connectivity index (χ2n) is 7.75. The zero-order chi connectivity index (χ0) is 17.5. The molecule has 2 heterocycles. The van der Waals surface area contributed by atoms with Gasteiger partial charge in [0.15, 0.2) is 0 Å². The number of carbonyl (C=O) groups excluding carboxylic acids is 1. The van der Waals surface area contributed by atoms with Crippen LogP contribution in [0.1, 0.15) is 64.7 Å². The number of amides is 1. The Morgan fingerprint density at radius 3 is 2.64 bits per heavy atom. The zero-order valence-corrected chi connectivity index (χ0v) is 15.5. The highest BCUT2D eigenvalue weighted by Crippen LogP contribution is 2.47. The fraction of sp³-hybridized carbons (Fsp3) is 0.842. The number of likely N-dealkylation sites (tertiary alicyclic amines) is 1. The van der Waals surface area contributed by atoms with E-state index >= 15 is 0 Å². The molecule has 1 aromatic heterocycles.